The van der Waals surface area contributed by atoms with Crippen molar-refractivity contribution < 1.29 is 19.1 Å². The third-order valence-corrected chi connectivity index (χ3v) is 3.89. The second-order valence-corrected chi connectivity index (χ2v) is 5.33. The van der Waals surface area contributed by atoms with Gasteiger partial charge in [-0.15, -0.1) is 0 Å². The summed E-state index contributed by atoms with van der Waals surface area (Å²) in [5.41, 5.74) is 0.599. The Bertz CT molecular complexity index is 761. The Balaban J connectivity index is 1.83. The highest BCUT2D eigenvalue weighted by Gasteiger charge is 2.39. The summed E-state index contributed by atoms with van der Waals surface area (Å²) in [6, 6.07) is 12.4. The molecule has 0 atom stereocenters. The van der Waals surface area contributed by atoms with Crippen LogP contribution >= 0.6 is 11.6 Å². The van der Waals surface area contributed by atoms with Crippen molar-refractivity contribution in [2.45, 2.75) is 0 Å². The molecule has 0 saturated carbocycles. The Hall–Kier alpha value is -2.53. The van der Waals surface area contributed by atoms with Crippen LogP contribution in [0.5, 0.6) is 11.5 Å². The van der Waals surface area contributed by atoms with Crippen molar-refractivity contribution in [2.24, 2.45) is 0 Å². The van der Waals surface area contributed by atoms with E-state index in [1.54, 1.807) is 12.1 Å². The van der Waals surface area contributed by atoms with Gasteiger partial charge in [-0.25, -0.2) is 0 Å². The molecule has 1 aliphatic heterocycles. The molecule has 6 heteroatoms. The maximum atomic E-state index is 12.2. The highest BCUT2D eigenvalue weighted by molar-refractivity contribution is 6.55. The molecule has 1 heterocycles. The van der Waals surface area contributed by atoms with Gasteiger partial charge >= 0.3 is 0 Å². The van der Waals surface area contributed by atoms with Crippen LogP contribution in [0.3, 0.4) is 0 Å². The number of carbonyl (C=O) groups is 2. The first kappa shape index (κ1) is 15.4. The van der Waals surface area contributed by atoms with E-state index in [-0.39, 0.29) is 23.7 Å². The van der Waals surface area contributed by atoms with Gasteiger partial charge in [-0.1, -0.05) is 29.8 Å². The van der Waals surface area contributed by atoms with E-state index in [9.17, 15) is 9.59 Å². The van der Waals surface area contributed by atoms with E-state index in [2.05, 4.69) is 0 Å². The number of hydrogen-bond acceptors (Lipinski definition) is 4. The van der Waals surface area contributed by atoms with Crippen LogP contribution < -0.4 is 14.4 Å². The number of ether oxygens (including phenoxy) is 2. The lowest BCUT2D eigenvalue weighted by Crippen LogP contribution is -2.33. The SMILES string of the molecule is COc1ccc(Cl)c2c1N(CCOc1ccccc1)C(=O)C2=O. The van der Waals surface area contributed by atoms with Gasteiger partial charge in [-0.2, -0.15) is 0 Å². The Morgan fingerprint density at radius 3 is 2.52 bits per heavy atom. The van der Waals surface area contributed by atoms with E-state index in [1.165, 1.54) is 12.0 Å². The molecule has 2 aromatic rings. The van der Waals surface area contributed by atoms with Crippen LogP contribution in [0.4, 0.5) is 5.69 Å². The van der Waals surface area contributed by atoms with Gasteiger partial charge in [-0.3, -0.25) is 14.5 Å². The minimum Gasteiger partial charge on any atom is -0.495 e. The number of anilines is 1. The monoisotopic (exact) mass is 331 g/mol. The number of fused-ring (bicyclic) bond motifs is 1. The summed E-state index contributed by atoms with van der Waals surface area (Å²) in [5, 5.41) is 0.241. The third kappa shape index (κ3) is 2.75. The van der Waals surface area contributed by atoms with Crippen molar-refractivity contribution in [2.75, 3.05) is 25.2 Å². The molecule has 0 aliphatic carbocycles. The molecule has 0 aromatic heterocycles. The van der Waals surface area contributed by atoms with Gasteiger partial charge < -0.3 is 9.47 Å². The van der Waals surface area contributed by atoms with E-state index in [4.69, 9.17) is 21.1 Å². The number of rotatable bonds is 5. The zero-order chi connectivity index (χ0) is 16.4. The van der Waals surface area contributed by atoms with Crippen molar-refractivity contribution in [3.63, 3.8) is 0 Å². The van der Waals surface area contributed by atoms with Gasteiger partial charge in [-0.05, 0) is 24.3 Å². The second kappa shape index (κ2) is 6.30. The van der Waals surface area contributed by atoms with Crippen molar-refractivity contribution in [1.82, 2.24) is 0 Å². The van der Waals surface area contributed by atoms with E-state index < -0.39 is 11.7 Å². The van der Waals surface area contributed by atoms with Gasteiger partial charge in [0.25, 0.3) is 11.7 Å². The maximum Gasteiger partial charge on any atom is 0.299 e. The third-order valence-electron chi connectivity index (χ3n) is 3.57. The van der Waals surface area contributed by atoms with Crippen LogP contribution in [0, 0.1) is 0 Å². The molecule has 5 nitrogen and oxygen atoms in total. The van der Waals surface area contributed by atoms with Crippen LogP contribution in [0.1, 0.15) is 10.4 Å². The molecule has 0 N–H and O–H groups in total. The fourth-order valence-corrected chi connectivity index (χ4v) is 2.75. The molecule has 1 amide bonds. The van der Waals surface area contributed by atoms with Crippen LogP contribution in [-0.2, 0) is 4.79 Å². The molecule has 1 aliphatic rings. The zero-order valence-corrected chi connectivity index (χ0v) is 13.2. The summed E-state index contributed by atoms with van der Waals surface area (Å²) in [7, 11) is 1.48. The number of halogens is 1. The summed E-state index contributed by atoms with van der Waals surface area (Å²) in [6.45, 7) is 0.474. The van der Waals surface area contributed by atoms with Crippen LogP contribution in [0.25, 0.3) is 0 Å². The van der Waals surface area contributed by atoms with Gasteiger partial charge in [0.05, 0.1) is 29.9 Å². The molecular weight excluding hydrogens is 318 g/mol. The Morgan fingerprint density at radius 1 is 1.09 bits per heavy atom. The summed E-state index contributed by atoms with van der Waals surface area (Å²) in [5.74, 6) is -0.112. The molecule has 118 valence electrons. The molecule has 0 fully saturated rings. The lowest BCUT2D eigenvalue weighted by atomic mass is 10.1. The van der Waals surface area contributed by atoms with Crippen molar-refractivity contribution in [1.29, 1.82) is 0 Å². The quantitative estimate of drug-likeness (QED) is 0.790. The summed E-state index contributed by atoms with van der Waals surface area (Å²) in [6.07, 6.45) is 0. The predicted octanol–water partition coefficient (Wildman–Crippen LogP) is 2.96. The number of amides is 1. The largest absolute Gasteiger partial charge is 0.495 e. The lowest BCUT2D eigenvalue weighted by molar-refractivity contribution is -0.114. The fraction of sp³-hybridized carbons (Fsp3) is 0.176. The Morgan fingerprint density at radius 2 is 1.83 bits per heavy atom. The molecule has 0 bridgehead atoms. The van der Waals surface area contributed by atoms with Crippen LogP contribution in [0.2, 0.25) is 5.02 Å². The zero-order valence-electron chi connectivity index (χ0n) is 12.4. The maximum absolute atomic E-state index is 12.2. The molecule has 0 saturated heterocycles. The Labute approximate surface area is 138 Å². The molecule has 0 unspecified atom stereocenters. The fourth-order valence-electron chi connectivity index (χ4n) is 2.51. The number of Topliss-reactive ketones (excluding diaryl/α,β-unsaturated/α-hetero) is 1. The smallest absolute Gasteiger partial charge is 0.299 e. The summed E-state index contributed by atoms with van der Waals surface area (Å²) >= 11 is 6.07. The Kier molecular flexibility index (Phi) is 4.21. The van der Waals surface area contributed by atoms with E-state index in [0.29, 0.717) is 17.2 Å². The van der Waals surface area contributed by atoms with E-state index >= 15 is 0 Å². The molecule has 2 aromatic carbocycles. The molecule has 0 spiro atoms. The highest BCUT2D eigenvalue weighted by Crippen LogP contribution is 2.41. The average Bonchev–Trinajstić information content (AvgIpc) is 2.82. The number of methoxy groups -OCH3 is 1. The first-order chi connectivity index (χ1) is 11.1. The summed E-state index contributed by atoms with van der Waals surface area (Å²) < 4.78 is 10.8. The minimum atomic E-state index is -0.622. The number of ketones is 1. The molecule has 23 heavy (non-hydrogen) atoms. The van der Waals surface area contributed by atoms with Crippen molar-refractivity contribution in [3.05, 3.63) is 53.1 Å². The highest BCUT2D eigenvalue weighted by atomic mass is 35.5. The van der Waals surface area contributed by atoms with Crippen molar-refractivity contribution >= 4 is 29.0 Å². The topological polar surface area (TPSA) is 55.8 Å². The second-order valence-electron chi connectivity index (χ2n) is 4.92. The van der Waals surface area contributed by atoms with Gasteiger partial charge in [0.1, 0.15) is 18.1 Å². The van der Waals surface area contributed by atoms with Gasteiger partial charge in [0.15, 0.2) is 0 Å². The van der Waals surface area contributed by atoms with Gasteiger partial charge in [0, 0.05) is 0 Å². The summed E-state index contributed by atoms with van der Waals surface area (Å²) in [4.78, 5) is 25.7. The van der Waals surface area contributed by atoms with Crippen LogP contribution in [0.15, 0.2) is 42.5 Å². The normalized spacial score (nSPS) is 13.2. The molecular formula is C17H14ClNO4. The van der Waals surface area contributed by atoms with E-state index in [1.807, 2.05) is 30.3 Å². The first-order valence-corrected chi connectivity index (χ1v) is 7.42. The predicted molar refractivity (Wildman–Crippen MR) is 86.6 cm³/mol. The number of hydrogen-bond donors (Lipinski definition) is 0. The van der Waals surface area contributed by atoms with Crippen molar-refractivity contribution in [3.8, 4) is 11.5 Å². The first-order valence-electron chi connectivity index (χ1n) is 7.04. The lowest BCUT2D eigenvalue weighted by Gasteiger charge is -2.19. The van der Waals surface area contributed by atoms with E-state index in [0.717, 1.165) is 0 Å². The minimum absolute atomic E-state index is 0.190. The number of nitrogens with zero attached hydrogens (tertiary/aromatic N) is 1. The van der Waals surface area contributed by atoms with Crippen LogP contribution in [-0.4, -0.2) is 32.0 Å². The average molecular weight is 332 g/mol. The standard InChI is InChI=1S/C17H14ClNO4/c1-22-13-8-7-12(18)14-15(13)19(17(21)16(14)20)9-10-23-11-5-3-2-4-6-11/h2-8H,9-10H2,1H3. The number of carbonyl (C=O) groups excluding carboxylic acids is 2. The molecule has 0 radical (unpaired) electrons. The van der Waals surface area contributed by atoms with Gasteiger partial charge in [0.2, 0.25) is 0 Å². The molecule has 3 rings (SSSR count). The number of para-hydroxylation sites is 1. The number of benzene rings is 2.